The Labute approximate surface area is 198 Å². The van der Waals surface area contributed by atoms with Crippen LogP contribution in [-0.4, -0.2) is 35.4 Å². The van der Waals surface area contributed by atoms with Crippen molar-refractivity contribution in [2.75, 3.05) is 13.7 Å². The highest BCUT2D eigenvalue weighted by molar-refractivity contribution is 6.32. The fourth-order valence-corrected chi connectivity index (χ4v) is 3.56. The highest BCUT2D eigenvalue weighted by Crippen LogP contribution is 2.28. The highest BCUT2D eigenvalue weighted by atomic mass is 35.5. The number of rotatable bonds is 7. The molecule has 8 nitrogen and oxygen atoms in total. The number of aromatic nitrogens is 1. The minimum absolute atomic E-state index is 0.0161. The zero-order valence-electron chi connectivity index (χ0n) is 17.9. The Balaban J connectivity index is 1.61. The van der Waals surface area contributed by atoms with E-state index in [2.05, 4.69) is 4.98 Å². The van der Waals surface area contributed by atoms with E-state index in [9.17, 15) is 19.7 Å². The van der Waals surface area contributed by atoms with E-state index in [0.29, 0.717) is 22.3 Å². The van der Waals surface area contributed by atoms with Gasteiger partial charge in [0.25, 0.3) is 5.69 Å². The molecule has 1 heterocycles. The molecule has 34 heavy (non-hydrogen) atoms. The first-order chi connectivity index (χ1) is 16.4. The SMILES string of the molecule is COc1ccc(-c2cc(C(=O)OCC(=O)c3ccc(Cl)c([N+](=O)[O-])c3)c3ccccc3n2)cc1. The zero-order chi connectivity index (χ0) is 24.2. The lowest BCUT2D eigenvalue weighted by Gasteiger charge is -2.10. The molecule has 0 atom stereocenters. The summed E-state index contributed by atoms with van der Waals surface area (Å²) in [7, 11) is 1.57. The number of methoxy groups -OCH3 is 1. The number of esters is 1. The molecule has 0 unspecified atom stereocenters. The molecule has 1 aromatic heterocycles. The van der Waals surface area contributed by atoms with Crippen molar-refractivity contribution < 1.29 is 24.0 Å². The summed E-state index contributed by atoms with van der Waals surface area (Å²) in [5.41, 5.74) is 1.76. The first kappa shape index (κ1) is 22.9. The second kappa shape index (κ2) is 9.68. The standard InChI is InChI=1S/C25H17ClN2O6/c1-33-17-9-6-15(7-10-17)22-13-19(18-4-2-3-5-21(18)27-22)25(30)34-14-24(29)16-8-11-20(26)23(12-16)28(31)32/h2-13H,14H2,1H3. The molecule has 4 aromatic rings. The van der Waals surface area contributed by atoms with Crippen molar-refractivity contribution in [1.29, 1.82) is 0 Å². The number of hydrogen-bond donors (Lipinski definition) is 0. The summed E-state index contributed by atoms with van der Waals surface area (Å²) < 4.78 is 10.5. The van der Waals surface area contributed by atoms with Crippen molar-refractivity contribution in [2.45, 2.75) is 0 Å². The molecular formula is C25H17ClN2O6. The average Bonchev–Trinajstić information content (AvgIpc) is 2.86. The number of nitrogens with zero attached hydrogens (tertiary/aromatic N) is 2. The second-order valence-corrected chi connectivity index (χ2v) is 7.63. The number of halogens is 1. The van der Waals surface area contributed by atoms with Gasteiger partial charge in [-0.05, 0) is 48.5 Å². The molecule has 0 amide bonds. The Morgan fingerprint density at radius 3 is 2.47 bits per heavy atom. The monoisotopic (exact) mass is 476 g/mol. The van der Waals surface area contributed by atoms with E-state index in [-0.39, 0.29) is 16.1 Å². The van der Waals surface area contributed by atoms with Gasteiger partial charge in [-0.1, -0.05) is 29.8 Å². The first-order valence-corrected chi connectivity index (χ1v) is 10.4. The third-order valence-electron chi connectivity index (χ3n) is 5.12. The van der Waals surface area contributed by atoms with Crippen LogP contribution in [0.4, 0.5) is 5.69 Å². The van der Waals surface area contributed by atoms with Crippen LogP contribution in [0.5, 0.6) is 5.75 Å². The Morgan fingerprint density at radius 1 is 1.03 bits per heavy atom. The lowest BCUT2D eigenvalue weighted by Crippen LogP contribution is -2.15. The maximum absolute atomic E-state index is 13.0. The van der Waals surface area contributed by atoms with E-state index in [1.807, 2.05) is 12.1 Å². The van der Waals surface area contributed by atoms with Crippen LogP contribution in [0.15, 0.2) is 72.8 Å². The summed E-state index contributed by atoms with van der Waals surface area (Å²) in [6, 6.07) is 19.6. The predicted molar refractivity (Wildman–Crippen MR) is 126 cm³/mol. The van der Waals surface area contributed by atoms with Crippen LogP contribution < -0.4 is 4.74 Å². The summed E-state index contributed by atoms with van der Waals surface area (Å²) in [5.74, 6) is -0.628. The summed E-state index contributed by atoms with van der Waals surface area (Å²) >= 11 is 5.79. The van der Waals surface area contributed by atoms with Gasteiger partial charge in [-0.2, -0.15) is 0 Å². The van der Waals surface area contributed by atoms with Crippen LogP contribution in [0.3, 0.4) is 0 Å². The van der Waals surface area contributed by atoms with Crippen molar-refractivity contribution >= 4 is 39.9 Å². The number of pyridine rings is 1. The van der Waals surface area contributed by atoms with Gasteiger partial charge >= 0.3 is 5.97 Å². The number of Topliss-reactive ketones (excluding diaryl/α,β-unsaturated/α-hetero) is 1. The van der Waals surface area contributed by atoms with Gasteiger partial charge < -0.3 is 9.47 Å². The number of nitro benzene ring substituents is 1. The fourth-order valence-electron chi connectivity index (χ4n) is 3.37. The molecule has 0 aliphatic rings. The lowest BCUT2D eigenvalue weighted by atomic mass is 10.0. The average molecular weight is 477 g/mol. The molecule has 9 heteroatoms. The summed E-state index contributed by atoms with van der Waals surface area (Å²) in [4.78, 5) is 40.5. The summed E-state index contributed by atoms with van der Waals surface area (Å²) in [6.45, 7) is -0.591. The second-order valence-electron chi connectivity index (χ2n) is 7.22. The molecule has 0 saturated carbocycles. The number of para-hydroxylation sites is 1. The molecule has 0 aliphatic carbocycles. The lowest BCUT2D eigenvalue weighted by molar-refractivity contribution is -0.384. The highest BCUT2D eigenvalue weighted by Gasteiger charge is 2.20. The van der Waals surface area contributed by atoms with Crippen LogP contribution in [-0.2, 0) is 4.74 Å². The number of fused-ring (bicyclic) bond motifs is 1. The van der Waals surface area contributed by atoms with Crippen LogP contribution in [0.2, 0.25) is 5.02 Å². The van der Waals surface area contributed by atoms with Gasteiger partial charge in [0.2, 0.25) is 5.78 Å². The Bertz CT molecular complexity index is 1420. The number of benzene rings is 3. The molecule has 0 radical (unpaired) electrons. The minimum atomic E-state index is -0.717. The third kappa shape index (κ3) is 4.72. The van der Waals surface area contributed by atoms with Gasteiger partial charge in [-0.15, -0.1) is 0 Å². The Hall–Kier alpha value is -4.30. The molecule has 170 valence electrons. The molecule has 0 bridgehead atoms. The molecule has 3 aromatic carbocycles. The largest absolute Gasteiger partial charge is 0.497 e. The molecular weight excluding hydrogens is 460 g/mol. The number of carbonyl (C=O) groups excluding carboxylic acids is 2. The van der Waals surface area contributed by atoms with Crippen molar-refractivity contribution in [3.63, 3.8) is 0 Å². The molecule has 0 saturated heterocycles. The third-order valence-corrected chi connectivity index (χ3v) is 5.44. The van der Waals surface area contributed by atoms with Gasteiger partial charge in [0.1, 0.15) is 10.8 Å². The van der Waals surface area contributed by atoms with Gasteiger partial charge in [0.15, 0.2) is 6.61 Å². The summed E-state index contributed by atoms with van der Waals surface area (Å²) in [5, 5.41) is 11.5. The number of hydrogen-bond acceptors (Lipinski definition) is 7. The van der Waals surface area contributed by atoms with Crippen molar-refractivity contribution in [3.8, 4) is 17.0 Å². The number of nitro groups is 1. The van der Waals surface area contributed by atoms with E-state index in [0.717, 1.165) is 11.6 Å². The number of ketones is 1. The van der Waals surface area contributed by atoms with Crippen molar-refractivity contribution in [2.24, 2.45) is 0 Å². The molecule has 0 aliphatic heterocycles. The van der Waals surface area contributed by atoms with Crippen LogP contribution >= 0.6 is 11.6 Å². The quantitative estimate of drug-likeness (QED) is 0.150. The summed E-state index contributed by atoms with van der Waals surface area (Å²) in [6.07, 6.45) is 0. The maximum atomic E-state index is 13.0. The van der Waals surface area contributed by atoms with E-state index >= 15 is 0 Å². The van der Waals surface area contributed by atoms with E-state index in [1.165, 1.54) is 12.1 Å². The van der Waals surface area contributed by atoms with E-state index in [1.54, 1.807) is 49.6 Å². The molecule has 0 spiro atoms. The molecule has 0 fully saturated rings. The van der Waals surface area contributed by atoms with Gasteiger partial charge in [-0.25, -0.2) is 9.78 Å². The van der Waals surface area contributed by atoms with E-state index in [4.69, 9.17) is 21.1 Å². The van der Waals surface area contributed by atoms with Gasteiger partial charge in [0, 0.05) is 22.6 Å². The predicted octanol–water partition coefficient (Wildman–Crippen LogP) is 5.51. The minimum Gasteiger partial charge on any atom is -0.497 e. The van der Waals surface area contributed by atoms with Crippen LogP contribution in [0.1, 0.15) is 20.7 Å². The number of carbonyl (C=O) groups is 2. The van der Waals surface area contributed by atoms with Crippen molar-refractivity contribution in [3.05, 3.63) is 99.1 Å². The van der Waals surface area contributed by atoms with E-state index < -0.39 is 29.0 Å². The molecule has 0 N–H and O–H groups in total. The topological polar surface area (TPSA) is 109 Å². The van der Waals surface area contributed by atoms with Crippen LogP contribution in [0.25, 0.3) is 22.2 Å². The zero-order valence-corrected chi connectivity index (χ0v) is 18.6. The smallest absolute Gasteiger partial charge is 0.339 e. The Morgan fingerprint density at radius 2 is 1.76 bits per heavy atom. The van der Waals surface area contributed by atoms with Gasteiger partial charge in [-0.3, -0.25) is 14.9 Å². The fraction of sp³-hybridized carbons (Fsp3) is 0.0800. The van der Waals surface area contributed by atoms with Crippen molar-refractivity contribution in [1.82, 2.24) is 4.98 Å². The normalized spacial score (nSPS) is 10.6. The molecule has 4 rings (SSSR count). The maximum Gasteiger partial charge on any atom is 0.339 e. The number of ether oxygens (including phenoxy) is 2. The first-order valence-electron chi connectivity index (χ1n) is 10.1. The van der Waals surface area contributed by atoms with Gasteiger partial charge in [0.05, 0.1) is 28.8 Å². The Kier molecular flexibility index (Phi) is 6.51. The van der Waals surface area contributed by atoms with Crippen LogP contribution in [0, 0.1) is 10.1 Å².